The molecule has 3 heteroatoms. The lowest BCUT2D eigenvalue weighted by molar-refractivity contribution is 1.10. The van der Waals surface area contributed by atoms with E-state index in [0.29, 0.717) is 5.82 Å². The molecule has 3 N–H and O–H groups in total. The van der Waals surface area contributed by atoms with Gasteiger partial charge in [0.05, 0.1) is 11.3 Å². The molecule has 3 aromatic rings. The van der Waals surface area contributed by atoms with Crippen LogP contribution in [-0.4, -0.2) is 10.2 Å². The maximum Gasteiger partial charge on any atom is 0.153 e. The minimum absolute atomic E-state index is 0.537. The summed E-state index contributed by atoms with van der Waals surface area (Å²) in [7, 11) is 0. The standard InChI is InChI=1S/C18H19N3/c1-11-5-4-6-14(8-11)16-17(20-21-18(16)19)15-9-12(2)7-13(3)10-15/h4-10H,1-3H3,(H3,19,20,21). The van der Waals surface area contributed by atoms with Crippen LogP contribution in [-0.2, 0) is 0 Å². The predicted molar refractivity (Wildman–Crippen MR) is 88.1 cm³/mol. The van der Waals surface area contributed by atoms with E-state index in [0.717, 1.165) is 22.4 Å². The van der Waals surface area contributed by atoms with Gasteiger partial charge in [0.25, 0.3) is 0 Å². The number of aromatic amines is 1. The van der Waals surface area contributed by atoms with Crippen LogP contribution in [0.1, 0.15) is 16.7 Å². The molecule has 0 spiro atoms. The molecule has 0 unspecified atom stereocenters. The van der Waals surface area contributed by atoms with Crippen molar-refractivity contribution in [3.63, 3.8) is 0 Å². The zero-order valence-corrected chi connectivity index (χ0v) is 12.6. The summed E-state index contributed by atoms with van der Waals surface area (Å²) >= 11 is 0. The molecule has 0 aliphatic rings. The number of nitrogens with one attached hydrogen (secondary N) is 1. The number of hydrogen-bond donors (Lipinski definition) is 2. The molecule has 0 radical (unpaired) electrons. The molecule has 0 amide bonds. The van der Waals surface area contributed by atoms with E-state index in [-0.39, 0.29) is 0 Å². The van der Waals surface area contributed by atoms with E-state index in [1.807, 2.05) is 6.07 Å². The van der Waals surface area contributed by atoms with E-state index in [9.17, 15) is 0 Å². The van der Waals surface area contributed by atoms with Gasteiger partial charge >= 0.3 is 0 Å². The number of H-pyrrole nitrogens is 1. The first-order valence-electron chi connectivity index (χ1n) is 7.04. The Morgan fingerprint density at radius 3 is 2.19 bits per heavy atom. The number of nitrogens with zero attached hydrogens (tertiary/aromatic N) is 1. The molecule has 0 bridgehead atoms. The number of nitrogens with two attached hydrogens (primary N) is 1. The van der Waals surface area contributed by atoms with Gasteiger partial charge in [0, 0.05) is 5.56 Å². The summed E-state index contributed by atoms with van der Waals surface area (Å²) in [6.07, 6.45) is 0. The lowest BCUT2D eigenvalue weighted by Crippen LogP contribution is -1.90. The molecular weight excluding hydrogens is 258 g/mol. The number of hydrogen-bond acceptors (Lipinski definition) is 2. The van der Waals surface area contributed by atoms with Crippen molar-refractivity contribution in [2.24, 2.45) is 0 Å². The molecule has 3 nitrogen and oxygen atoms in total. The van der Waals surface area contributed by atoms with E-state index in [1.165, 1.54) is 16.7 Å². The van der Waals surface area contributed by atoms with Crippen molar-refractivity contribution in [3.8, 4) is 22.4 Å². The highest BCUT2D eigenvalue weighted by atomic mass is 15.2. The normalized spacial score (nSPS) is 10.8. The van der Waals surface area contributed by atoms with Crippen LogP contribution < -0.4 is 5.73 Å². The minimum atomic E-state index is 0.537. The Morgan fingerprint density at radius 2 is 1.52 bits per heavy atom. The average molecular weight is 277 g/mol. The summed E-state index contributed by atoms with van der Waals surface area (Å²) in [5.41, 5.74) is 13.9. The van der Waals surface area contributed by atoms with E-state index < -0.39 is 0 Å². The van der Waals surface area contributed by atoms with Crippen LogP contribution >= 0.6 is 0 Å². The number of aromatic nitrogens is 2. The van der Waals surface area contributed by atoms with E-state index >= 15 is 0 Å². The summed E-state index contributed by atoms with van der Waals surface area (Å²) in [6, 6.07) is 14.8. The second-order valence-electron chi connectivity index (χ2n) is 5.60. The van der Waals surface area contributed by atoms with Crippen molar-refractivity contribution < 1.29 is 0 Å². The van der Waals surface area contributed by atoms with Crippen LogP contribution in [0.5, 0.6) is 0 Å². The third-order valence-corrected chi connectivity index (χ3v) is 3.61. The smallest absolute Gasteiger partial charge is 0.153 e. The van der Waals surface area contributed by atoms with Gasteiger partial charge < -0.3 is 5.73 Å². The first kappa shape index (κ1) is 13.4. The van der Waals surface area contributed by atoms with E-state index in [2.05, 4.69) is 67.4 Å². The highest BCUT2D eigenvalue weighted by molar-refractivity contribution is 5.88. The molecule has 0 fully saturated rings. The van der Waals surface area contributed by atoms with Crippen LogP contribution in [0.3, 0.4) is 0 Å². The highest BCUT2D eigenvalue weighted by Gasteiger charge is 2.15. The van der Waals surface area contributed by atoms with Crippen LogP contribution in [0.25, 0.3) is 22.4 Å². The quantitative estimate of drug-likeness (QED) is 0.735. The molecular formula is C18H19N3. The molecule has 1 heterocycles. The molecule has 1 aromatic heterocycles. The van der Waals surface area contributed by atoms with Crippen LogP contribution in [0, 0.1) is 20.8 Å². The fourth-order valence-corrected chi connectivity index (χ4v) is 2.78. The Bertz CT molecular complexity index is 780. The maximum absolute atomic E-state index is 6.09. The zero-order valence-electron chi connectivity index (χ0n) is 12.6. The Balaban J connectivity index is 2.21. The Hall–Kier alpha value is -2.55. The third-order valence-electron chi connectivity index (χ3n) is 3.61. The van der Waals surface area contributed by atoms with Crippen molar-refractivity contribution in [3.05, 3.63) is 59.2 Å². The minimum Gasteiger partial charge on any atom is -0.382 e. The topological polar surface area (TPSA) is 54.7 Å². The Kier molecular flexibility index (Phi) is 3.26. The van der Waals surface area contributed by atoms with Gasteiger partial charge in [-0.25, -0.2) is 0 Å². The van der Waals surface area contributed by atoms with Crippen molar-refractivity contribution in [2.75, 3.05) is 5.73 Å². The fourth-order valence-electron chi connectivity index (χ4n) is 2.78. The van der Waals surface area contributed by atoms with Crippen molar-refractivity contribution >= 4 is 5.82 Å². The number of rotatable bonds is 2. The molecule has 21 heavy (non-hydrogen) atoms. The van der Waals surface area contributed by atoms with Gasteiger partial charge in [-0.05, 0) is 38.5 Å². The summed E-state index contributed by atoms with van der Waals surface area (Å²) in [5, 5.41) is 7.30. The number of benzene rings is 2. The fraction of sp³-hybridized carbons (Fsp3) is 0.167. The second kappa shape index (κ2) is 5.09. The predicted octanol–water partition coefficient (Wildman–Crippen LogP) is 4.25. The summed E-state index contributed by atoms with van der Waals surface area (Å²) < 4.78 is 0. The molecule has 0 aliphatic carbocycles. The van der Waals surface area contributed by atoms with Gasteiger partial charge in [0.1, 0.15) is 0 Å². The van der Waals surface area contributed by atoms with E-state index in [1.54, 1.807) is 0 Å². The number of anilines is 1. The largest absolute Gasteiger partial charge is 0.382 e. The monoisotopic (exact) mass is 277 g/mol. The molecule has 2 aromatic carbocycles. The van der Waals surface area contributed by atoms with Crippen LogP contribution in [0.15, 0.2) is 42.5 Å². The van der Waals surface area contributed by atoms with Crippen LogP contribution in [0.2, 0.25) is 0 Å². The summed E-state index contributed by atoms with van der Waals surface area (Å²) in [6.45, 7) is 6.28. The van der Waals surface area contributed by atoms with Gasteiger partial charge in [0.15, 0.2) is 5.82 Å². The van der Waals surface area contributed by atoms with Gasteiger partial charge in [-0.1, -0.05) is 47.0 Å². The van der Waals surface area contributed by atoms with Crippen molar-refractivity contribution in [1.82, 2.24) is 10.2 Å². The van der Waals surface area contributed by atoms with Crippen molar-refractivity contribution in [2.45, 2.75) is 20.8 Å². The van der Waals surface area contributed by atoms with Gasteiger partial charge in [0.2, 0.25) is 0 Å². The first-order chi connectivity index (χ1) is 10.0. The molecule has 106 valence electrons. The molecule has 3 rings (SSSR count). The zero-order chi connectivity index (χ0) is 15.0. The SMILES string of the molecule is Cc1cc(C)cc(-c2[nH]nc(N)c2-c2cccc(C)c2)c1. The van der Waals surface area contributed by atoms with Crippen molar-refractivity contribution in [1.29, 1.82) is 0 Å². The summed E-state index contributed by atoms with van der Waals surface area (Å²) in [4.78, 5) is 0. The Labute approximate surface area is 124 Å². The first-order valence-corrected chi connectivity index (χ1v) is 7.04. The molecule has 0 aliphatic heterocycles. The van der Waals surface area contributed by atoms with E-state index in [4.69, 9.17) is 5.73 Å². The molecule has 0 saturated carbocycles. The Morgan fingerprint density at radius 1 is 0.857 bits per heavy atom. The molecule has 0 saturated heterocycles. The summed E-state index contributed by atoms with van der Waals surface area (Å²) in [5.74, 6) is 0.537. The highest BCUT2D eigenvalue weighted by Crippen LogP contribution is 2.35. The number of nitrogen functional groups attached to an aromatic ring is 1. The van der Waals surface area contributed by atoms with Gasteiger partial charge in [-0.15, -0.1) is 0 Å². The lowest BCUT2D eigenvalue weighted by Gasteiger charge is -2.08. The average Bonchev–Trinajstić information content (AvgIpc) is 2.79. The van der Waals surface area contributed by atoms with Crippen LogP contribution in [0.4, 0.5) is 5.82 Å². The third kappa shape index (κ3) is 2.55. The molecule has 0 atom stereocenters. The number of aryl methyl sites for hydroxylation is 3. The lowest BCUT2D eigenvalue weighted by atomic mass is 9.97. The second-order valence-corrected chi connectivity index (χ2v) is 5.60. The van der Waals surface area contributed by atoms with Gasteiger partial charge in [-0.2, -0.15) is 5.10 Å². The maximum atomic E-state index is 6.09. The van der Waals surface area contributed by atoms with Gasteiger partial charge in [-0.3, -0.25) is 5.10 Å².